The molecule has 3 aromatic rings. The van der Waals surface area contributed by atoms with Crippen molar-refractivity contribution in [3.63, 3.8) is 0 Å². The van der Waals surface area contributed by atoms with Crippen molar-refractivity contribution in [2.75, 3.05) is 13.7 Å². The Kier molecular flexibility index (Phi) is 4.41. The van der Waals surface area contributed by atoms with Crippen LogP contribution in [-0.4, -0.2) is 24.5 Å². The second-order valence-corrected chi connectivity index (χ2v) is 7.17. The number of ether oxygens (including phenoxy) is 1. The molecule has 2 atom stereocenters. The summed E-state index contributed by atoms with van der Waals surface area (Å²) in [5, 5.41) is 2.25. The van der Waals surface area contributed by atoms with Crippen LogP contribution in [0.15, 0.2) is 59.0 Å². The van der Waals surface area contributed by atoms with Gasteiger partial charge in [-0.25, -0.2) is 0 Å². The van der Waals surface area contributed by atoms with Gasteiger partial charge in [0.2, 0.25) is 0 Å². The third kappa shape index (κ3) is 3.59. The van der Waals surface area contributed by atoms with Crippen molar-refractivity contribution < 1.29 is 13.9 Å². The van der Waals surface area contributed by atoms with Gasteiger partial charge in [-0.05, 0) is 47.4 Å². The van der Waals surface area contributed by atoms with Crippen molar-refractivity contribution >= 4 is 16.7 Å². The molecule has 1 aromatic heterocycles. The molecular formula is C22H23NO3. The summed E-state index contributed by atoms with van der Waals surface area (Å²) in [5.41, 5.74) is 0. The normalized spacial score (nSPS) is 18.7. The summed E-state index contributed by atoms with van der Waals surface area (Å²) in [6.45, 7) is 2.70. The smallest absolute Gasteiger partial charge is 0.260 e. The number of carbonyl (C=O) groups is 1. The van der Waals surface area contributed by atoms with Gasteiger partial charge in [0.25, 0.3) is 5.91 Å². The maximum atomic E-state index is 12.3. The number of fused-ring (bicyclic) bond motifs is 1. The minimum absolute atomic E-state index is 0.0159. The highest BCUT2D eigenvalue weighted by atomic mass is 16.5. The average molecular weight is 349 g/mol. The summed E-state index contributed by atoms with van der Waals surface area (Å²) in [5.74, 6) is 3.76. The fourth-order valence-electron chi connectivity index (χ4n) is 3.23. The molecule has 4 heteroatoms. The van der Waals surface area contributed by atoms with Crippen LogP contribution in [0.5, 0.6) is 5.75 Å². The summed E-state index contributed by atoms with van der Waals surface area (Å²) in [6.07, 6.45) is 1.20. The molecular weight excluding hydrogens is 326 g/mol. The van der Waals surface area contributed by atoms with E-state index in [4.69, 9.17) is 9.15 Å². The van der Waals surface area contributed by atoms with Gasteiger partial charge in [0.15, 0.2) is 6.61 Å². The lowest BCUT2D eigenvalue weighted by Gasteiger charge is -2.16. The summed E-state index contributed by atoms with van der Waals surface area (Å²) in [7, 11) is 1.77. The number of furan rings is 1. The zero-order valence-electron chi connectivity index (χ0n) is 15.1. The summed E-state index contributed by atoms with van der Waals surface area (Å²) >= 11 is 0. The van der Waals surface area contributed by atoms with Crippen LogP contribution in [0.2, 0.25) is 0 Å². The second-order valence-electron chi connectivity index (χ2n) is 7.17. The maximum absolute atomic E-state index is 12.3. The molecule has 0 spiro atoms. The van der Waals surface area contributed by atoms with Gasteiger partial charge in [0.05, 0.1) is 6.54 Å². The number of likely N-dealkylation sites (N-methyl/N-ethyl adjacent to an activating group) is 1. The van der Waals surface area contributed by atoms with Crippen LogP contribution in [0.4, 0.5) is 0 Å². The highest BCUT2D eigenvalue weighted by Crippen LogP contribution is 2.47. The topological polar surface area (TPSA) is 42.7 Å². The van der Waals surface area contributed by atoms with Crippen molar-refractivity contribution in [2.24, 2.45) is 5.92 Å². The zero-order chi connectivity index (χ0) is 18.1. The Morgan fingerprint density at radius 3 is 2.69 bits per heavy atom. The fraction of sp³-hybridized carbons (Fsp3) is 0.318. The average Bonchev–Trinajstić information content (AvgIpc) is 3.20. The van der Waals surface area contributed by atoms with E-state index >= 15 is 0 Å². The molecule has 1 amide bonds. The van der Waals surface area contributed by atoms with Gasteiger partial charge in [0.1, 0.15) is 17.3 Å². The van der Waals surface area contributed by atoms with Gasteiger partial charge in [0, 0.05) is 13.0 Å². The molecule has 2 aromatic carbocycles. The Hall–Kier alpha value is -2.75. The van der Waals surface area contributed by atoms with Crippen molar-refractivity contribution in [1.29, 1.82) is 0 Å². The third-order valence-corrected chi connectivity index (χ3v) is 5.06. The first-order chi connectivity index (χ1) is 12.6. The number of hydrogen-bond acceptors (Lipinski definition) is 3. The second kappa shape index (κ2) is 6.87. The number of hydrogen-bond donors (Lipinski definition) is 0. The van der Waals surface area contributed by atoms with E-state index in [1.54, 1.807) is 11.9 Å². The minimum Gasteiger partial charge on any atom is -0.484 e. The first-order valence-corrected chi connectivity index (χ1v) is 9.04. The quantitative estimate of drug-likeness (QED) is 0.653. The third-order valence-electron chi connectivity index (χ3n) is 5.06. The predicted molar refractivity (Wildman–Crippen MR) is 101 cm³/mol. The number of nitrogens with zero attached hydrogens (tertiary/aromatic N) is 1. The number of amides is 1. The summed E-state index contributed by atoms with van der Waals surface area (Å²) < 4.78 is 11.6. The van der Waals surface area contributed by atoms with Gasteiger partial charge in [-0.15, -0.1) is 0 Å². The molecule has 1 aliphatic rings. The van der Waals surface area contributed by atoms with Crippen molar-refractivity contribution in [3.8, 4) is 5.75 Å². The molecule has 4 rings (SSSR count). The van der Waals surface area contributed by atoms with E-state index < -0.39 is 0 Å². The lowest BCUT2D eigenvalue weighted by Crippen LogP contribution is -2.30. The molecule has 1 aliphatic carbocycles. The van der Waals surface area contributed by atoms with Crippen molar-refractivity contribution in [3.05, 3.63) is 66.1 Å². The molecule has 1 heterocycles. The minimum atomic E-state index is -0.0732. The highest BCUT2D eigenvalue weighted by molar-refractivity contribution is 5.84. The monoisotopic (exact) mass is 349 g/mol. The lowest BCUT2D eigenvalue weighted by atomic mass is 10.1. The Bertz CT molecular complexity index is 930. The number of carbonyl (C=O) groups excluding carboxylic acids is 1. The van der Waals surface area contributed by atoms with Crippen LogP contribution in [0, 0.1) is 5.92 Å². The Morgan fingerprint density at radius 1 is 1.15 bits per heavy atom. The van der Waals surface area contributed by atoms with Gasteiger partial charge < -0.3 is 14.1 Å². The van der Waals surface area contributed by atoms with Crippen LogP contribution in [-0.2, 0) is 11.3 Å². The van der Waals surface area contributed by atoms with Crippen molar-refractivity contribution in [2.45, 2.75) is 25.8 Å². The molecule has 0 aliphatic heterocycles. The summed E-state index contributed by atoms with van der Waals surface area (Å²) in [4.78, 5) is 14.0. The van der Waals surface area contributed by atoms with Crippen LogP contribution in [0.25, 0.3) is 10.8 Å². The Balaban J connectivity index is 1.32. The molecule has 0 bridgehead atoms. The molecule has 0 saturated heterocycles. The van der Waals surface area contributed by atoms with Crippen molar-refractivity contribution in [1.82, 2.24) is 4.90 Å². The molecule has 134 valence electrons. The van der Waals surface area contributed by atoms with Gasteiger partial charge in [-0.2, -0.15) is 0 Å². The number of rotatable bonds is 6. The van der Waals surface area contributed by atoms with E-state index in [0.717, 1.165) is 22.3 Å². The number of benzene rings is 2. The first-order valence-electron chi connectivity index (χ1n) is 9.04. The molecule has 0 radical (unpaired) electrons. The predicted octanol–water partition coefficient (Wildman–Crippen LogP) is 4.59. The molecule has 0 unspecified atom stereocenters. The van der Waals surface area contributed by atoms with Gasteiger partial charge in [-0.1, -0.05) is 37.3 Å². The van der Waals surface area contributed by atoms with Crippen LogP contribution in [0.3, 0.4) is 0 Å². The molecule has 0 N–H and O–H groups in total. The van der Waals surface area contributed by atoms with Gasteiger partial charge >= 0.3 is 0 Å². The standard InChI is InChI=1S/C22H23NO3/c1-15-11-20(15)21-10-9-19(26-21)13-23(2)22(24)14-25-18-8-7-16-5-3-4-6-17(16)12-18/h3-10,12,15,20H,11,13-14H2,1-2H3/t15-,20-/m1/s1. The highest BCUT2D eigenvalue weighted by Gasteiger charge is 2.36. The van der Waals surface area contributed by atoms with Crippen LogP contribution >= 0.6 is 0 Å². The molecule has 1 fully saturated rings. The lowest BCUT2D eigenvalue weighted by molar-refractivity contribution is -0.132. The largest absolute Gasteiger partial charge is 0.484 e. The fourth-order valence-corrected chi connectivity index (χ4v) is 3.23. The Morgan fingerprint density at radius 2 is 1.92 bits per heavy atom. The van der Waals surface area contributed by atoms with E-state index in [1.165, 1.54) is 6.42 Å². The van der Waals surface area contributed by atoms with E-state index in [9.17, 15) is 4.79 Å². The maximum Gasteiger partial charge on any atom is 0.260 e. The molecule has 26 heavy (non-hydrogen) atoms. The van der Waals surface area contributed by atoms with Crippen LogP contribution in [0.1, 0.15) is 30.8 Å². The summed E-state index contributed by atoms with van der Waals surface area (Å²) in [6, 6.07) is 17.9. The van der Waals surface area contributed by atoms with Crippen LogP contribution < -0.4 is 4.74 Å². The van der Waals surface area contributed by atoms with E-state index in [1.807, 2.05) is 48.5 Å². The van der Waals surface area contributed by atoms with E-state index in [-0.39, 0.29) is 12.5 Å². The first kappa shape index (κ1) is 16.7. The van der Waals surface area contributed by atoms with E-state index in [0.29, 0.717) is 24.1 Å². The van der Waals surface area contributed by atoms with Gasteiger partial charge in [-0.3, -0.25) is 4.79 Å². The molecule has 4 nitrogen and oxygen atoms in total. The SMILES string of the molecule is C[C@@H]1C[C@H]1c1ccc(CN(C)C(=O)COc2ccc3ccccc3c2)o1. The zero-order valence-corrected chi connectivity index (χ0v) is 15.1. The Labute approximate surface area is 153 Å². The van der Waals surface area contributed by atoms with E-state index in [2.05, 4.69) is 13.0 Å². The molecule has 1 saturated carbocycles.